The zero-order valence-electron chi connectivity index (χ0n) is 22.3. The monoisotopic (exact) mass is 542 g/mol. The molecule has 5 nitrogen and oxygen atoms in total. The minimum Gasteiger partial charge on any atom is -0.410 e. The topological polar surface area (TPSA) is 61.8 Å². The molecule has 3 fully saturated rings. The Morgan fingerprint density at radius 2 is 1.79 bits per heavy atom. The number of nitrogens with one attached hydrogen (secondary N) is 1. The number of hydrogen-bond donors (Lipinski definition) is 2. The van der Waals surface area contributed by atoms with E-state index < -0.39 is 23.3 Å². The summed E-state index contributed by atoms with van der Waals surface area (Å²) in [5, 5.41) is 13.7. The van der Waals surface area contributed by atoms with Crippen molar-refractivity contribution in [1.29, 1.82) is 0 Å². The summed E-state index contributed by atoms with van der Waals surface area (Å²) in [6.07, 6.45) is 0.479. The molecule has 210 valence electrons. The van der Waals surface area contributed by atoms with Gasteiger partial charge in [-0.15, -0.1) is 0 Å². The molecule has 2 heterocycles. The van der Waals surface area contributed by atoms with E-state index in [1.54, 1.807) is 6.07 Å². The number of carbonyl (C=O) groups is 1. The highest BCUT2D eigenvalue weighted by atomic mass is 19.4. The van der Waals surface area contributed by atoms with Gasteiger partial charge in [0.2, 0.25) is 0 Å². The van der Waals surface area contributed by atoms with Crippen LogP contribution in [0, 0.1) is 5.92 Å². The van der Waals surface area contributed by atoms with Gasteiger partial charge < -0.3 is 20.1 Å². The largest absolute Gasteiger partial charge is 0.417 e. The van der Waals surface area contributed by atoms with Gasteiger partial charge in [-0.25, -0.2) is 4.79 Å². The summed E-state index contributed by atoms with van der Waals surface area (Å²) in [6, 6.07) is 16.6. The molecule has 2 aromatic rings. The summed E-state index contributed by atoms with van der Waals surface area (Å²) in [6.45, 7) is 0. The van der Waals surface area contributed by atoms with Crippen molar-refractivity contribution in [2.75, 3.05) is 7.05 Å². The van der Waals surface area contributed by atoms with Gasteiger partial charge in [0.05, 0.1) is 0 Å². The fourth-order valence-electron chi connectivity index (χ4n) is 8.11. The molecule has 1 saturated carbocycles. The van der Waals surface area contributed by atoms with Crippen molar-refractivity contribution in [1.82, 2.24) is 10.2 Å². The molecule has 0 radical (unpaired) electrons. The lowest BCUT2D eigenvalue weighted by molar-refractivity contribution is -0.279. The number of hydrogen-bond acceptors (Lipinski definition) is 4. The number of aliphatic hydroxyl groups is 1. The Morgan fingerprint density at radius 3 is 2.49 bits per heavy atom. The first-order valence-corrected chi connectivity index (χ1v) is 14.2. The first-order chi connectivity index (χ1) is 18.6. The van der Waals surface area contributed by atoms with Gasteiger partial charge in [0, 0.05) is 23.5 Å². The minimum atomic E-state index is -4.65. The zero-order valence-corrected chi connectivity index (χ0v) is 22.3. The molecule has 5 atom stereocenters. The molecular weight excluding hydrogens is 505 g/mol. The molecule has 2 aliphatic heterocycles. The minimum absolute atomic E-state index is 0.105. The molecule has 2 unspecified atom stereocenters. The number of carbonyl (C=O) groups excluding carboxylic acids is 1. The molecule has 2 aliphatic carbocycles. The van der Waals surface area contributed by atoms with Gasteiger partial charge in [0.1, 0.15) is 5.75 Å². The molecule has 4 aliphatic rings. The molecule has 2 bridgehead atoms. The average molecular weight is 543 g/mol. The molecule has 0 spiro atoms. The van der Waals surface area contributed by atoms with Crippen molar-refractivity contribution in [3.63, 3.8) is 0 Å². The third kappa shape index (κ3) is 4.84. The van der Waals surface area contributed by atoms with Crippen LogP contribution in [0.3, 0.4) is 0 Å². The van der Waals surface area contributed by atoms with Gasteiger partial charge in [-0.3, -0.25) is 0 Å². The maximum Gasteiger partial charge on any atom is 0.417 e. The number of piperidine rings is 1. The van der Waals surface area contributed by atoms with E-state index in [1.165, 1.54) is 12.8 Å². The summed E-state index contributed by atoms with van der Waals surface area (Å²) in [5.41, 5.74) is -0.0573. The predicted octanol–water partition coefficient (Wildman–Crippen LogP) is 5.92. The Kier molecular flexibility index (Phi) is 6.70. The summed E-state index contributed by atoms with van der Waals surface area (Å²) in [4.78, 5) is 15.2. The summed E-state index contributed by atoms with van der Waals surface area (Å²) in [5.74, 6) is 0.151. The Balaban J connectivity index is 1.23. The van der Waals surface area contributed by atoms with Crippen LogP contribution >= 0.6 is 0 Å². The number of halogens is 3. The smallest absolute Gasteiger partial charge is 0.410 e. The molecule has 2 N–H and O–H groups in total. The van der Waals surface area contributed by atoms with Gasteiger partial charge in [0.25, 0.3) is 0 Å². The lowest BCUT2D eigenvalue weighted by atomic mass is 9.52. The number of benzene rings is 2. The van der Waals surface area contributed by atoms with Gasteiger partial charge in [-0.2, -0.15) is 13.2 Å². The standard InChI is InChI=1S/C31H37F3N2O3/c1-36-24-9-10-25(36)17-23(16-24)35-28(37)39-26-11-12-27-21(15-26)7-8-22-19-30(38,31(32,33)34)14-13-29(22,27)18-20-5-3-2-4-6-20/h2-6,11-12,15,22-25,38H,7-10,13-14,16-19H2,1H3,(H,35,37)/t22-,23?,24?,25?,29+,30-/m1/s1. The SMILES string of the molecule is CN1C2CCC1CC(NC(=O)Oc1ccc3c(c1)CC[C@@H]1C[C@@](O)(C(F)(F)F)CC[C@@]31Cc1ccccc1)C2. The summed E-state index contributed by atoms with van der Waals surface area (Å²) < 4.78 is 47.2. The summed E-state index contributed by atoms with van der Waals surface area (Å²) >= 11 is 0. The van der Waals surface area contributed by atoms with Crippen molar-refractivity contribution in [3.8, 4) is 5.75 Å². The van der Waals surface area contributed by atoms with Crippen LogP contribution in [0.15, 0.2) is 48.5 Å². The Hall–Kier alpha value is -2.58. The van der Waals surface area contributed by atoms with Crippen LogP contribution in [0.1, 0.15) is 68.1 Å². The molecule has 8 heteroatoms. The van der Waals surface area contributed by atoms with Crippen molar-refractivity contribution in [2.45, 2.75) is 99.5 Å². The van der Waals surface area contributed by atoms with Gasteiger partial charge >= 0.3 is 12.3 Å². The quantitative estimate of drug-likeness (QED) is 0.504. The molecule has 0 aromatic heterocycles. The van der Waals surface area contributed by atoms with E-state index in [0.717, 1.165) is 29.5 Å². The maximum atomic E-state index is 13.8. The Labute approximate surface area is 227 Å². The molecule has 2 saturated heterocycles. The van der Waals surface area contributed by atoms with Crippen LogP contribution in [-0.4, -0.2) is 53.1 Å². The van der Waals surface area contributed by atoms with Crippen LogP contribution in [0.4, 0.5) is 18.0 Å². The normalized spacial score (nSPS) is 34.2. The van der Waals surface area contributed by atoms with Crippen LogP contribution in [0.25, 0.3) is 0 Å². The number of nitrogens with zero attached hydrogens (tertiary/aromatic N) is 1. The Morgan fingerprint density at radius 1 is 1.08 bits per heavy atom. The highest BCUT2D eigenvalue weighted by Gasteiger charge is 2.61. The average Bonchev–Trinajstić information content (AvgIpc) is 3.08. The van der Waals surface area contributed by atoms with E-state index in [4.69, 9.17) is 4.74 Å². The van der Waals surface area contributed by atoms with Crippen LogP contribution in [0.5, 0.6) is 5.75 Å². The molecular formula is C31H37F3N2O3. The third-order valence-corrected chi connectivity index (χ3v) is 10.2. The van der Waals surface area contributed by atoms with Crippen LogP contribution < -0.4 is 10.1 Å². The van der Waals surface area contributed by atoms with Crippen molar-refractivity contribution < 1.29 is 27.8 Å². The third-order valence-electron chi connectivity index (χ3n) is 10.2. The highest BCUT2D eigenvalue weighted by molar-refractivity contribution is 5.71. The van der Waals surface area contributed by atoms with Crippen LogP contribution in [-0.2, 0) is 18.3 Å². The van der Waals surface area contributed by atoms with E-state index in [2.05, 4.69) is 17.3 Å². The highest BCUT2D eigenvalue weighted by Crippen LogP contribution is 2.57. The van der Waals surface area contributed by atoms with E-state index in [-0.39, 0.29) is 31.2 Å². The zero-order chi connectivity index (χ0) is 27.4. The van der Waals surface area contributed by atoms with Crippen molar-refractivity contribution >= 4 is 6.09 Å². The van der Waals surface area contributed by atoms with Crippen molar-refractivity contribution in [2.24, 2.45) is 5.92 Å². The predicted molar refractivity (Wildman–Crippen MR) is 142 cm³/mol. The second-order valence-electron chi connectivity index (χ2n) is 12.4. The van der Waals surface area contributed by atoms with E-state index in [9.17, 15) is 23.1 Å². The second kappa shape index (κ2) is 9.81. The molecule has 2 aromatic carbocycles. The first kappa shape index (κ1) is 26.6. The molecule has 39 heavy (non-hydrogen) atoms. The number of ether oxygens (including phenoxy) is 1. The lowest BCUT2D eigenvalue weighted by Gasteiger charge is -2.53. The molecule has 1 amide bonds. The fourth-order valence-corrected chi connectivity index (χ4v) is 8.11. The van der Waals surface area contributed by atoms with Crippen LogP contribution in [0.2, 0.25) is 0 Å². The lowest BCUT2D eigenvalue weighted by Crippen LogP contribution is -2.56. The van der Waals surface area contributed by atoms with Gasteiger partial charge in [-0.1, -0.05) is 36.4 Å². The van der Waals surface area contributed by atoms with Gasteiger partial charge in [-0.05, 0) is 106 Å². The molecule has 6 rings (SSSR count). The van der Waals surface area contributed by atoms with Crippen molar-refractivity contribution in [3.05, 3.63) is 65.2 Å². The number of fused-ring (bicyclic) bond motifs is 5. The number of rotatable bonds is 4. The number of aryl methyl sites for hydroxylation is 1. The summed E-state index contributed by atoms with van der Waals surface area (Å²) in [7, 11) is 2.16. The van der Waals surface area contributed by atoms with E-state index in [1.807, 2.05) is 42.5 Å². The van der Waals surface area contributed by atoms with Gasteiger partial charge in [0.15, 0.2) is 5.60 Å². The number of alkyl halides is 3. The fraction of sp³-hybridized carbons (Fsp3) is 0.581. The Bertz CT molecular complexity index is 1210. The first-order valence-electron chi connectivity index (χ1n) is 14.2. The van der Waals surface area contributed by atoms with E-state index in [0.29, 0.717) is 37.1 Å². The van der Waals surface area contributed by atoms with E-state index >= 15 is 0 Å². The second-order valence-corrected chi connectivity index (χ2v) is 12.4. The maximum absolute atomic E-state index is 13.8. The number of amides is 1.